The molecule has 3 aliphatic heterocycles. The zero-order valence-corrected chi connectivity index (χ0v) is 13.8. The number of amides is 1. The molecule has 2 saturated heterocycles. The van der Waals surface area contributed by atoms with Gasteiger partial charge in [-0.2, -0.15) is 0 Å². The maximum atomic E-state index is 11.4. The fourth-order valence-electron chi connectivity index (χ4n) is 3.94. The van der Waals surface area contributed by atoms with Crippen LogP contribution in [-0.4, -0.2) is 53.0 Å². The minimum absolute atomic E-state index is 0.225. The van der Waals surface area contributed by atoms with Crippen molar-refractivity contribution in [2.45, 2.75) is 18.5 Å². The summed E-state index contributed by atoms with van der Waals surface area (Å²) >= 11 is 0. The summed E-state index contributed by atoms with van der Waals surface area (Å²) in [6.45, 7) is 1.98. The Morgan fingerprint density at radius 3 is 2.58 bits per heavy atom. The maximum absolute atomic E-state index is 11.4. The van der Waals surface area contributed by atoms with Crippen molar-refractivity contribution in [3.63, 3.8) is 0 Å². The molecule has 0 saturated carbocycles. The Hall–Kier alpha value is -3.07. The van der Waals surface area contributed by atoms with Gasteiger partial charge >= 0.3 is 0 Å². The molecule has 2 aromatic rings. The van der Waals surface area contributed by atoms with Crippen LogP contribution in [0.3, 0.4) is 0 Å². The molecule has 1 amide bonds. The van der Waals surface area contributed by atoms with Crippen molar-refractivity contribution in [2.24, 2.45) is 0 Å². The second kappa shape index (κ2) is 5.73. The lowest BCUT2D eigenvalue weighted by molar-refractivity contribution is 0.0705. The molecule has 2 fully saturated rings. The van der Waals surface area contributed by atoms with Gasteiger partial charge in [0.1, 0.15) is 0 Å². The van der Waals surface area contributed by atoms with Gasteiger partial charge in [0.2, 0.25) is 12.7 Å². The van der Waals surface area contributed by atoms with Crippen LogP contribution in [0.4, 0.5) is 11.6 Å². The van der Waals surface area contributed by atoms with Crippen LogP contribution in [0.25, 0.3) is 0 Å². The summed E-state index contributed by atoms with van der Waals surface area (Å²) in [6, 6.07) is 6.76. The highest BCUT2D eigenvalue weighted by Crippen LogP contribution is 2.40. The lowest BCUT2D eigenvalue weighted by Gasteiger charge is -2.35. The molecule has 26 heavy (non-hydrogen) atoms. The zero-order valence-electron chi connectivity index (χ0n) is 13.8. The van der Waals surface area contributed by atoms with Gasteiger partial charge in [0.25, 0.3) is 5.91 Å². The van der Waals surface area contributed by atoms with E-state index in [1.54, 1.807) is 5.48 Å². The first-order chi connectivity index (χ1) is 12.7. The predicted molar refractivity (Wildman–Crippen MR) is 90.7 cm³/mol. The van der Waals surface area contributed by atoms with Crippen LogP contribution in [0, 0.1) is 0 Å². The number of aromatic nitrogens is 2. The second-order valence-corrected chi connectivity index (χ2v) is 6.60. The molecule has 4 heterocycles. The normalized spacial score (nSPS) is 22.8. The van der Waals surface area contributed by atoms with Gasteiger partial charge in [-0.15, -0.1) is 0 Å². The Bertz CT molecular complexity index is 859. The molecule has 0 unspecified atom stereocenters. The highest BCUT2D eigenvalue weighted by atomic mass is 16.7. The van der Waals surface area contributed by atoms with Crippen LogP contribution < -0.4 is 24.8 Å². The van der Waals surface area contributed by atoms with Crippen molar-refractivity contribution in [3.8, 4) is 11.5 Å². The monoisotopic (exact) mass is 355 g/mol. The van der Waals surface area contributed by atoms with Crippen molar-refractivity contribution in [1.29, 1.82) is 0 Å². The molecule has 2 atom stereocenters. The Labute approximate surface area is 149 Å². The number of benzene rings is 1. The molecule has 9 heteroatoms. The van der Waals surface area contributed by atoms with Gasteiger partial charge in [0, 0.05) is 43.3 Å². The summed E-state index contributed by atoms with van der Waals surface area (Å²) < 4.78 is 10.9. The van der Waals surface area contributed by atoms with Crippen molar-refractivity contribution < 1.29 is 19.5 Å². The van der Waals surface area contributed by atoms with Crippen LogP contribution in [0.15, 0.2) is 30.6 Å². The van der Waals surface area contributed by atoms with E-state index in [0.717, 1.165) is 36.7 Å². The first-order valence-electron chi connectivity index (χ1n) is 8.42. The third-order valence-corrected chi connectivity index (χ3v) is 5.19. The van der Waals surface area contributed by atoms with Crippen molar-refractivity contribution in [2.75, 3.05) is 29.7 Å². The van der Waals surface area contributed by atoms with E-state index in [1.807, 2.05) is 12.1 Å². The van der Waals surface area contributed by atoms with E-state index < -0.39 is 5.91 Å². The van der Waals surface area contributed by atoms with Gasteiger partial charge in [-0.05, 0) is 18.6 Å². The molecule has 2 N–H and O–H groups in total. The van der Waals surface area contributed by atoms with E-state index >= 15 is 0 Å². The molecular weight excluding hydrogens is 338 g/mol. The molecule has 1 aromatic heterocycles. The van der Waals surface area contributed by atoms with Crippen LogP contribution in [0.2, 0.25) is 0 Å². The van der Waals surface area contributed by atoms with Crippen molar-refractivity contribution in [3.05, 3.63) is 36.2 Å². The molecule has 0 radical (unpaired) electrons. The van der Waals surface area contributed by atoms with Crippen LogP contribution in [-0.2, 0) is 0 Å². The largest absolute Gasteiger partial charge is 0.454 e. The summed E-state index contributed by atoms with van der Waals surface area (Å²) in [7, 11) is 0. The molecule has 0 aliphatic carbocycles. The minimum atomic E-state index is -0.617. The molecule has 5 rings (SSSR count). The number of hydrogen-bond acceptors (Lipinski definition) is 8. The fraction of sp³-hybridized carbons (Fsp3) is 0.353. The first kappa shape index (κ1) is 15.2. The molecule has 9 nitrogen and oxygen atoms in total. The second-order valence-electron chi connectivity index (χ2n) is 6.60. The Balaban J connectivity index is 1.32. The number of nitrogens with one attached hydrogen (secondary N) is 1. The predicted octanol–water partition coefficient (Wildman–Crippen LogP) is 0.792. The Morgan fingerprint density at radius 2 is 1.85 bits per heavy atom. The number of rotatable bonds is 3. The van der Waals surface area contributed by atoms with E-state index in [1.165, 1.54) is 12.4 Å². The number of carbonyl (C=O) groups is 1. The number of hydrogen-bond donors (Lipinski definition) is 2. The summed E-state index contributed by atoms with van der Waals surface area (Å²) in [4.78, 5) is 24.5. The molecule has 0 spiro atoms. The van der Waals surface area contributed by atoms with Gasteiger partial charge in [-0.25, -0.2) is 15.4 Å². The van der Waals surface area contributed by atoms with Gasteiger partial charge in [-0.1, -0.05) is 0 Å². The minimum Gasteiger partial charge on any atom is -0.454 e. The third kappa shape index (κ3) is 2.31. The summed E-state index contributed by atoms with van der Waals surface area (Å²) in [5.41, 5.74) is 2.94. The maximum Gasteiger partial charge on any atom is 0.277 e. The van der Waals surface area contributed by atoms with E-state index in [4.69, 9.17) is 14.7 Å². The van der Waals surface area contributed by atoms with Crippen molar-refractivity contribution in [1.82, 2.24) is 15.4 Å². The SMILES string of the molecule is O=C(NO)c1cnc(N2C[C@@H]3C[C@@H]2CN3c2ccc3c(c2)OCO3)nc1. The average molecular weight is 355 g/mol. The number of ether oxygens (including phenoxy) is 2. The zero-order chi connectivity index (χ0) is 17.7. The number of hydroxylamine groups is 1. The Kier molecular flexibility index (Phi) is 3.35. The molecule has 1 aromatic carbocycles. The van der Waals surface area contributed by atoms with Crippen LogP contribution in [0.5, 0.6) is 11.5 Å². The van der Waals surface area contributed by atoms with E-state index in [2.05, 4.69) is 25.8 Å². The Morgan fingerprint density at radius 1 is 1.12 bits per heavy atom. The molecule has 3 aliphatic rings. The van der Waals surface area contributed by atoms with Crippen molar-refractivity contribution >= 4 is 17.5 Å². The number of nitrogens with zero attached hydrogens (tertiary/aromatic N) is 4. The first-order valence-corrected chi connectivity index (χ1v) is 8.42. The van der Waals surface area contributed by atoms with Gasteiger partial charge in [-0.3, -0.25) is 10.0 Å². The number of carbonyl (C=O) groups excluding carboxylic acids is 1. The van der Waals surface area contributed by atoms with Gasteiger partial charge < -0.3 is 19.3 Å². The highest BCUT2D eigenvalue weighted by molar-refractivity contribution is 5.92. The van der Waals surface area contributed by atoms with E-state index in [0.29, 0.717) is 18.0 Å². The summed E-state index contributed by atoms with van der Waals surface area (Å²) in [6.07, 6.45) is 3.89. The van der Waals surface area contributed by atoms with Gasteiger partial charge in [0.05, 0.1) is 11.6 Å². The molecule has 134 valence electrons. The van der Waals surface area contributed by atoms with E-state index in [-0.39, 0.29) is 12.4 Å². The van der Waals surface area contributed by atoms with Gasteiger partial charge in [0.15, 0.2) is 11.5 Å². The smallest absolute Gasteiger partial charge is 0.277 e. The lowest BCUT2D eigenvalue weighted by atomic mass is 10.2. The highest BCUT2D eigenvalue weighted by Gasteiger charge is 2.44. The topological polar surface area (TPSA) is 100 Å². The summed E-state index contributed by atoms with van der Waals surface area (Å²) in [5, 5.41) is 8.66. The third-order valence-electron chi connectivity index (χ3n) is 5.19. The number of piperazine rings is 1. The average Bonchev–Trinajstić information content (AvgIpc) is 3.41. The van der Waals surface area contributed by atoms with Crippen LogP contribution >= 0.6 is 0 Å². The van der Waals surface area contributed by atoms with E-state index in [9.17, 15) is 4.79 Å². The number of anilines is 2. The van der Waals surface area contributed by atoms with Crippen LogP contribution in [0.1, 0.15) is 16.8 Å². The summed E-state index contributed by atoms with van der Waals surface area (Å²) in [5.74, 6) is 1.58. The number of fused-ring (bicyclic) bond motifs is 3. The lowest BCUT2D eigenvalue weighted by Crippen LogP contribution is -2.47. The molecule has 2 bridgehead atoms. The quantitative estimate of drug-likeness (QED) is 0.616. The standard InChI is InChI=1S/C17H17N5O4/c23-16(20-24)10-5-18-17(19-6-10)22-8-12-3-13(22)7-21(12)11-1-2-14-15(4-11)26-9-25-14/h1-2,4-6,12-13,24H,3,7-9H2,(H,20,23)/t12-,13+/m0/s1. The fourth-order valence-corrected chi connectivity index (χ4v) is 3.94. The molecular formula is C17H17N5O4.